The second kappa shape index (κ2) is 5.99. The Labute approximate surface area is 136 Å². The van der Waals surface area contributed by atoms with Crippen LogP contribution in [0.3, 0.4) is 0 Å². The Morgan fingerprint density at radius 1 is 0.739 bits per heavy atom. The minimum absolute atomic E-state index is 0.121. The van der Waals surface area contributed by atoms with E-state index >= 15 is 0 Å². The summed E-state index contributed by atoms with van der Waals surface area (Å²) in [5, 5.41) is 5.16. The summed E-state index contributed by atoms with van der Waals surface area (Å²) in [5.41, 5.74) is 5.48. The average molecular weight is 323 g/mol. The topological polar surface area (TPSA) is 60.2 Å². The summed E-state index contributed by atoms with van der Waals surface area (Å²) in [4.78, 5) is 0.121. The monoisotopic (exact) mass is 323 g/mol. The standard InChI is InChI=1S/C19H17NO2S/c1-14-6-5-9-18(19(14)16-7-3-2-4-8-16)15-10-12-17(13-11-15)23(20,21)22/h2-13H,1H3,(H2,20,21,22). The molecule has 116 valence electrons. The number of primary sulfonamides is 1. The van der Waals surface area contributed by atoms with Crippen LogP contribution < -0.4 is 5.14 Å². The number of nitrogens with two attached hydrogens (primary N) is 1. The van der Waals surface area contributed by atoms with Gasteiger partial charge in [0.25, 0.3) is 0 Å². The molecule has 0 aliphatic rings. The fourth-order valence-corrected chi connectivity index (χ4v) is 3.24. The van der Waals surface area contributed by atoms with Crippen molar-refractivity contribution in [1.82, 2.24) is 0 Å². The third-order valence-electron chi connectivity index (χ3n) is 3.83. The van der Waals surface area contributed by atoms with Crippen LogP contribution >= 0.6 is 0 Å². The van der Waals surface area contributed by atoms with Crippen LogP contribution in [0.2, 0.25) is 0 Å². The van der Waals surface area contributed by atoms with Crippen molar-refractivity contribution in [2.24, 2.45) is 5.14 Å². The number of hydrogen-bond donors (Lipinski definition) is 1. The Kier molecular flexibility index (Phi) is 4.03. The molecule has 0 saturated heterocycles. The highest BCUT2D eigenvalue weighted by atomic mass is 32.2. The number of aryl methyl sites for hydroxylation is 1. The van der Waals surface area contributed by atoms with E-state index in [1.807, 2.05) is 30.3 Å². The van der Waals surface area contributed by atoms with Crippen molar-refractivity contribution in [2.75, 3.05) is 0 Å². The summed E-state index contributed by atoms with van der Waals surface area (Å²) in [6.45, 7) is 2.07. The molecule has 0 fully saturated rings. The highest BCUT2D eigenvalue weighted by Gasteiger charge is 2.12. The molecule has 0 saturated carbocycles. The first-order chi connectivity index (χ1) is 11.0. The maximum atomic E-state index is 11.4. The van der Waals surface area contributed by atoms with Crippen molar-refractivity contribution in [1.29, 1.82) is 0 Å². The Bertz CT molecular complexity index is 931. The highest BCUT2D eigenvalue weighted by molar-refractivity contribution is 7.89. The van der Waals surface area contributed by atoms with E-state index in [4.69, 9.17) is 5.14 Å². The second-order valence-corrected chi connectivity index (χ2v) is 6.99. The van der Waals surface area contributed by atoms with E-state index in [-0.39, 0.29) is 4.90 Å². The molecule has 0 spiro atoms. The van der Waals surface area contributed by atoms with E-state index in [9.17, 15) is 8.42 Å². The molecule has 0 heterocycles. The maximum absolute atomic E-state index is 11.4. The Balaban J connectivity index is 2.16. The van der Waals surface area contributed by atoms with Gasteiger partial charge in [0.2, 0.25) is 10.0 Å². The molecule has 2 N–H and O–H groups in total. The molecular formula is C19H17NO2S. The lowest BCUT2D eigenvalue weighted by molar-refractivity contribution is 0.598. The van der Waals surface area contributed by atoms with Crippen LogP contribution in [0.5, 0.6) is 0 Å². The third-order valence-corrected chi connectivity index (χ3v) is 4.76. The van der Waals surface area contributed by atoms with Crippen molar-refractivity contribution in [3.63, 3.8) is 0 Å². The molecule has 3 nitrogen and oxygen atoms in total. The molecule has 0 amide bonds. The first-order valence-corrected chi connectivity index (χ1v) is 8.80. The lowest BCUT2D eigenvalue weighted by atomic mass is 9.91. The van der Waals surface area contributed by atoms with Gasteiger partial charge in [-0.2, -0.15) is 0 Å². The smallest absolute Gasteiger partial charge is 0.225 e. The van der Waals surface area contributed by atoms with Crippen molar-refractivity contribution in [3.8, 4) is 22.3 Å². The molecule has 0 radical (unpaired) electrons. The molecule has 3 rings (SSSR count). The van der Waals surface area contributed by atoms with Gasteiger partial charge >= 0.3 is 0 Å². The lowest BCUT2D eigenvalue weighted by Gasteiger charge is -2.13. The molecule has 0 aromatic heterocycles. The SMILES string of the molecule is Cc1cccc(-c2ccc(S(N)(=O)=O)cc2)c1-c1ccccc1. The van der Waals surface area contributed by atoms with Gasteiger partial charge in [-0.3, -0.25) is 0 Å². The molecule has 0 bridgehead atoms. The zero-order chi connectivity index (χ0) is 16.4. The van der Waals surface area contributed by atoms with E-state index in [1.165, 1.54) is 5.56 Å². The number of benzene rings is 3. The minimum atomic E-state index is -3.67. The zero-order valence-electron chi connectivity index (χ0n) is 12.7. The lowest BCUT2D eigenvalue weighted by Crippen LogP contribution is -2.11. The van der Waals surface area contributed by atoms with Crippen molar-refractivity contribution in [3.05, 3.63) is 78.4 Å². The minimum Gasteiger partial charge on any atom is -0.225 e. The predicted octanol–water partition coefficient (Wildman–Crippen LogP) is 3.98. The van der Waals surface area contributed by atoms with Crippen molar-refractivity contribution in [2.45, 2.75) is 11.8 Å². The summed E-state index contributed by atoms with van der Waals surface area (Å²) in [6.07, 6.45) is 0. The highest BCUT2D eigenvalue weighted by Crippen LogP contribution is 2.34. The molecule has 4 heteroatoms. The number of hydrogen-bond acceptors (Lipinski definition) is 2. The Morgan fingerprint density at radius 2 is 1.39 bits per heavy atom. The van der Waals surface area contributed by atoms with Gasteiger partial charge in [0.05, 0.1) is 4.90 Å². The molecule has 0 unspecified atom stereocenters. The van der Waals surface area contributed by atoms with Crippen LogP contribution in [0.1, 0.15) is 5.56 Å². The van der Waals surface area contributed by atoms with Gasteiger partial charge in [0.1, 0.15) is 0 Å². The molecule has 3 aromatic rings. The normalized spacial score (nSPS) is 11.4. The Hall–Kier alpha value is -2.43. The van der Waals surface area contributed by atoms with Gasteiger partial charge in [-0.15, -0.1) is 0 Å². The third kappa shape index (κ3) is 3.18. The van der Waals surface area contributed by atoms with Crippen molar-refractivity contribution >= 4 is 10.0 Å². The molecule has 23 heavy (non-hydrogen) atoms. The van der Waals surface area contributed by atoms with Gasteiger partial charge in [-0.25, -0.2) is 13.6 Å². The summed E-state index contributed by atoms with van der Waals surface area (Å²) in [6, 6.07) is 22.9. The first kappa shape index (κ1) is 15.5. The predicted molar refractivity (Wildman–Crippen MR) is 93.4 cm³/mol. The van der Waals surface area contributed by atoms with Gasteiger partial charge in [-0.1, -0.05) is 60.7 Å². The summed E-state index contributed by atoms with van der Waals surface area (Å²) in [7, 11) is -3.67. The molecule has 0 aliphatic carbocycles. The van der Waals surface area contributed by atoms with E-state index in [2.05, 4.69) is 25.1 Å². The fraction of sp³-hybridized carbons (Fsp3) is 0.0526. The van der Waals surface area contributed by atoms with Crippen LogP contribution in [0.25, 0.3) is 22.3 Å². The first-order valence-electron chi connectivity index (χ1n) is 7.25. The molecule has 0 aliphatic heterocycles. The fourth-order valence-electron chi connectivity index (χ4n) is 2.72. The van der Waals surface area contributed by atoms with Crippen LogP contribution in [0, 0.1) is 6.92 Å². The van der Waals surface area contributed by atoms with Crippen LogP contribution in [-0.2, 0) is 10.0 Å². The average Bonchev–Trinajstić information content (AvgIpc) is 2.55. The van der Waals surface area contributed by atoms with E-state index in [1.54, 1.807) is 24.3 Å². The molecule has 0 atom stereocenters. The maximum Gasteiger partial charge on any atom is 0.238 e. The number of rotatable bonds is 3. The van der Waals surface area contributed by atoms with Gasteiger partial charge in [-0.05, 0) is 46.9 Å². The van der Waals surface area contributed by atoms with Crippen LogP contribution in [0.4, 0.5) is 0 Å². The largest absolute Gasteiger partial charge is 0.238 e. The van der Waals surface area contributed by atoms with Gasteiger partial charge in [0.15, 0.2) is 0 Å². The summed E-state index contributed by atoms with van der Waals surface area (Å²) in [5.74, 6) is 0. The quantitative estimate of drug-likeness (QED) is 0.792. The van der Waals surface area contributed by atoms with Gasteiger partial charge in [0, 0.05) is 0 Å². The van der Waals surface area contributed by atoms with E-state index < -0.39 is 10.0 Å². The zero-order valence-corrected chi connectivity index (χ0v) is 13.5. The summed E-state index contributed by atoms with van der Waals surface area (Å²) >= 11 is 0. The van der Waals surface area contributed by atoms with Crippen molar-refractivity contribution < 1.29 is 8.42 Å². The van der Waals surface area contributed by atoms with Gasteiger partial charge < -0.3 is 0 Å². The molecule has 3 aromatic carbocycles. The molecular weight excluding hydrogens is 306 g/mol. The second-order valence-electron chi connectivity index (χ2n) is 5.43. The van der Waals surface area contributed by atoms with Crippen LogP contribution in [-0.4, -0.2) is 8.42 Å². The van der Waals surface area contributed by atoms with E-state index in [0.29, 0.717) is 0 Å². The summed E-state index contributed by atoms with van der Waals surface area (Å²) < 4.78 is 22.8. The Morgan fingerprint density at radius 3 is 2.00 bits per heavy atom. The van der Waals surface area contributed by atoms with Crippen LogP contribution in [0.15, 0.2) is 77.7 Å². The van der Waals surface area contributed by atoms with E-state index in [0.717, 1.165) is 22.3 Å². The number of sulfonamides is 1.